The van der Waals surface area contributed by atoms with Crippen molar-refractivity contribution >= 4 is 34.7 Å². The molecule has 29 heavy (non-hydrogen) atoms. The third kappa shape index (κ3) is 3.86. The molecule has 0 saturated heterocycles. The van der Waals surface area contributed by atoms with E-state index in [9.17, 15) is 14.3 Å². The van der Waals surface area contributed by atoms with Crippen molar-refractivity contribution in [1.82, 2.24) is 4.90 Å². The van der Waals surface area contributed by atoms with Gasteiger partial charge in [-0.1, -0.05) is 59.6 Å². The van der Waals surface area contributed by atoms with Crippen LogP contribution in [0.4, 0.5) is 4.39 Å². The largest absolute Gasteiger partial charge is 0.503 e. The summed E-state index contributed by atoms with van der Waals surface area (Å²) < 4.78 is 13.3. The molecule has 0 aromatic heterocycles. The number of halogens is 3. The van der Waals surface area contributed by atoms with Crippen molar-refractivity contribution in [2.24, 2.45) is 0 Å². The molecule has 1 amide bonds. The number of carbonyl (C=O) groups is 1. The molecule has 3 aromatic rings. The molecule has 1 atom stereocenters. The Morgan fingerprint density at radius 3 is 2.00 bits per heavy atom. The second-order valence-electron chi connectivity index (χ2n) is 6.78. The highest BCUT2D eigenvalue weighted by Crippen LogP contribution is 2.44. The lowest BCUT2D eigenvalue weighted by Gasteiger charge is -2.27. The van der Waals surface area contributed by atoms with Gasteiger partial charge in [0.25, 0.3) is 5.91 Å². The van der Waals surface area contributed by atoms with Crippen molar-refractivity contribution in [2.45, 2.75) is 12.6 Å². The first kappa shape index (κ1) is 19.5. The van der Waals surface area contributed by atoms with E-state index in [1.165, 1.54) is 12.1 Å². The summed E-state index contributed by atoms with van der Waals surface area (Å²) in [4.78, 5) is 14.5. The number of hydrogen-bond acceptors (Lipinski definition) is 2. The van der Waals surface area contributed by atoms with Crippen LogP contribution in [0.25, 0.3) is 5.57 Å². The minimum atomic E-state index is -0.522. The molecule has 0 saturated carbocycles. The lowest BCUT2D eigenvalue weighted by Crippen LogP contribution is -2.29. The maximum atomic E-state index is 13.3. The van der Waals surface area contributed by atoms with E-state index in [0.717, 1.165) is 11.1 Å². The second kappa shape index (κ2) is 7.90. The van der Waals surface area contributed by atoms with Crippen LogP contribution in [0.1, 0.15) is 22.7 Å². The highest BCUT2D eigenvalue weighted by molar-refractivity contribution is 6.30. The van der Waals surface area contributed by atoms with Crippen molar-refractivity contribution in [1.29, 1.82) is 0 Å². The molecule has 0 spiro atoms. The molecule has 3 aromatic carbocycles. The Morgan fingerprint density at radius 1 is 0.862 bits per heavy atom. The number of aliphatic hydroxyl groups is 1. The molecular weight excluding hydrogens is 412 g/mol. The smallest absolute Gasteiger partial charge is 0.290 e. The van der Waals surface area contributed by atoms with Crippen molar-refractivity contribution in [3.63, 3.8) is 0 Å². The minimum absolute atomic E-state index is 0.216. The van der Waals surface area contributed by atoms with Crippen LogP contribution < -0.4 is 0 Å². The molecule has 146 valence electrons. The van der Waals surface area contributed by atoms with E-state index >= 15 is 0 Å². The molecule has 3 nitrogen and oxygen atoms in total. The highest BCUT2D eigenvalue weighted by atomic mass is 35.5. The number of rotatable bonds is 4. The van der Waals surface area contributed by atoms with E-state index in [-0.39, 0.29) is 18.1 Å². The summed E-state index contributed by atoms with van der Waals surface area (Å²) in [7, 11) is 0. The first-order chi connectivity index (χ1) is 13.9. The summed E-state index contributed by atoms with van der Waals surface area (Å²) >= 11 is 12.0. The average Bonchev–Trinajstić information content (AvgIpc) is 2.96. The van der Waals surface area contributed by atoms with Gasteiger partial charge in [-0.2, -0.15) is 0 Å². The van der Waals surface area contributed by atoms with Crippen LogP contribution in [0.2, 0.25) is 10.0 Å². The Bertz CT molecular complexity index is 1080. The first-order valence-corrected chi connectivity index (χ1v) is 9.69. The van der Waals surface area contributed by atoms with E-state index < -0.39 is 11.9 Å². The number of carbonyl (C=O) groups excluding carboxylic acids is 1. The van der Waals surface area contributed by atoms with Crippen LogP contribution in [-0.4, -0.2) is 15.9 Å². The van der Waals surface area contributed by atoms with Gasteiger partial charge in [0.15, 0.2) is 5.76 Å². The van der Waals surface area contributed by atoms with Crippen LogP contribution in [0.5, 0.6) is 0 Å². The predicted molar refractivity (Wildman–Crippen MR) is 112 cm³/mol. The fourth-order valence-corrected chi connectivity index (χ4v) is 3.77. The molecule has 1 aliphatic heterocycles. The summed E-state index contributed by atoms with van der Waals surface area (Å²) in [6.45, 7) is 0.216. The zero-order valence-corrected chi connectivity index (χ0v) is 16.7. The minimum Gasteiger partial charge on any atom is -0.503 e. The third-order valence-corrected chi connectivity index (χ3v) is 5.41. The van der Waals surface area contributed by atoms with E-state index in [0.29, 0.717) is 21.2 Å². The van der Waals surface area contributed by atoms with Crippen LogP contribution >= 0.6 is 23.2 Å². The molecule has 1 N–H and O–H groups in total. The Kier molecular flexibility index (Phi) is 5.31. The molecule has 1 unspecified atom stereocenters. The van der Waals surface area contributed by atoms with E-state index in [4.69, 9.17) is 23.2 Å². The molecule has 0 fully saturated rings. The molecule has 0 radical (unpaired) electrons. The van der Waals surface area contributed by atoms with E-state index in [2.05, 4.69) is 0 Å². The Morgan fingerprint density at radius 2 is 1.41 bits per heavy atom. The summed E-state index contributed by atoms with van der Waals surface area (Å²) in [5, 5.41) is 11.9. The SMILES string of the molecule is O=C1C(O)=C(c2ccc(Cl)cc2)C(c2ccc(Cl)cc2)N1Cc1ccc(F)cc1. The van der Waals surface area contributed by atoms with Gasteiger partial charge in [-0.3, -0.25) is 4.79 Å². The maximum absolute atomic E-state index is 13.3. The quantitative estimate of drug-likeness (QED) is 0.539. The number of nitrogens with zero attached hydrogens (tertiary/aromatic N) is 1. The molecule has 1 aliphatic rings. The van der Waals surface area contributed by atoms with Gasteiger partial charge in [0.1, 0.15) is 5.82 Å². The predicted octanol–water partition coefficient (Wildman–Crippen LogP) is 6.19. The molecule has 0 aliphatic carbocycles. The topological polar surface area (TPSA) is 40.5 Å². The molecule has 4 rings (SSSR count). The summed E-state index contributed by atoms with van der Waals surface area (Å²) in [5.41, 5.74) is 2.75. The Balaban J connectivity index is 1.80. The zero-order chi connectivity index (χ0) is 20.5. The Labute approximate surface area is 177 Å². The van der Waals surface area contributed by atoms with Gasteiger partial charge in [-0.05, 0) is 53.1 Å². The van der Waals surface area contributed by atoms with Gasteiger partial charge < -0.3 is 10.0 Å². The standard InChI is InChI=1S/C23H16Cl2FNO2/c24-17-7-3-15(4-8-17)20-21(16-5-9-18(25)10-6-16)27(23(29)22(20)28)13-14-1-11-19(26)12-2-14/h1-12,21,28H,13H2. The number of benzene rings is 3. The lowest BCUT2D eigenvalue weighted by molar-refractivity contribution is -0.130. The second-order valence-corrected chi connectivity index (χ2v) is 7.66. The molecular formula is C23H16Cl2FNO2. The van der Waals surface area contributed by atoms with Crippen LogP contribution in [0.3, 0.4) is 0 Å². The monoisotopic (exact) mass is 427 g/mol. The number of hydrogen-bond donors (Lipinski definition) is 1. The van der Waals surface area contributed by atoms with Gasteiger partial charge in [-0.15, -0.1) is 0 Å². The molecule has 1 heterocycles. The van der Waals surface area contributed by atoms with Gasteiger partial charge in [-0.25, -0.2) is 4.39 Å². The third-order valence-electron chi connectivity index (χ3n) is 4.91. The first-order valence-electron chi connectivity index (χ1n) is 8.94. The fourth-order valence-electron chi connectivity index (χ4n) is 3.52. The van der Waals surface area contributed by atoms with E-state index in [1.54, 1.807) is 53.4 Å². The van der Waals surface area contributed by atoms with Crippen LogP contribution in [0, 0.1) is 5.82 Å². The number of amides is 1. The average molecular weight is 428 g/mol. The van der Waals surface area contributed by atoms with Gasteiger partial charge >= 0.3 is 0 Å². The van der Waals surface area contributed by atoms with Crippen LogP contribution in [-0.2, 0) is 11.3 Å². The van der Waals surface area contributed by atoms with Crippen LogP contribution in [0.15, 0.2) is 78.6 Å². The fraction of sp³-hybridized carbons (Fsp3) is 0.0870. The Hall–Kier alpha value is -2.82. The van der Waals surface area contributed by atoms with Gasteiger partial charge in [0.2, 0.25) is 0 Å². The zero-order valence-electron chi connectivity index (χ0n) is 15.1. The van der Waals surface area contributed by atoms with Crippen molar-refractivity contribution in [3.05, 3.63) is 111 Å². The molecule has 6 heteroatoms. The van der Waals surface area contributed by atoms with E-state index in [1.807, 2.05) is 12.1 Å². The normalized spacial score (nSPS) is 16.6. The summed E-state index contributed by atoms with van der Waals surface area (Å²) in [6, 6.07) is 19.5. The van der Waals surface area contributed by atoms with Crippen molar-refractivity contribution in [2.75, 3.05) is 0 Å². The van der Waals surface area contributed by atoms with Crippen molar-refractivity contribution in [3.8, 4) is 0 Å². The summed E-state index contributed by atoms with van der Waals surface area (Å²) in [6.07, 6.45) is 0. The van der Waals surface area contributed by atoms with Gasteiger partial charge in [0.05, 0.1) is 6.04 Å². The van der Waals surface area contributed by atoms with Crippen molar-refractivity contribution < 1.29 is 14.3 Å². The number of aliphatic hydroxyl groups excluding tert-OH is 1. The summed E-state index contributed by atoms with van der Waals surface area (Å²) in [5.74, 6) is -1.15. The highest BCUT2D eigenvalue weighted by Gasteiger charge is 2.40. The molecule has 0 bridgehead atoms. The lowest BCUT2D eigenvalue weighted by atomic mass is 9.93. The van der Waals surface area contributed by atoms with Gasteiger partial charge in [0, 0.05) is 22.2 Å². The maximum Gasteiger partial charge on any atom is 0.290 e.